The highest BCUT2D eigenvalue weighted by Crippen LogP contribution is 2.14. The lowest BCUT2D eigenvalue weighted by atomic mass is 10.1. The molecule has 2 aromatic carbocycles. The van der Waals surface area contributed by atoms with Crippen LogP contribution in [0.4, 0.5) is 5.69 Å². The molecular weight excluding hydrogens is 360 g/mol. The fourth-order valence-corrected chi connectivity index (χ4v) is 2.49. The SMILES string of the molecule is CCOc1ccc(CCC(=O)Nc2ccc(C(=O)NCCC(=O)O)cc2)cc1. The van der Waals surface area contributed by atoms with Crippen molar-refractivity contribution in [3.63, 3.8) is 0 Å². The summed E-state index contributed by atoms with van der Waals surface area (Å²) in [5.74, 6) is -0.631. The number of benzene rings is 2. The summed E-state index contributed by atoms with van der Waals surface area (Å²) in [5, 5.41) is 13.9. The first-order chi connectivity index (χ1) is 13.5. The van der Waals surface area contributed by atoms with E-state index in [1.165, 1.54) is 0 Å². The van der Waals surface area contributed by atoms with Gasteiger partial charge < -0.3 is 20.5 Å². The fourth-order valence-electron chi connectivity index (χ4n) is 2.49. The summed E-state index contributed by atoms with van der Waals surface area (Å²) >= 11 is 0. The van der Waals surface area contributed by atoms with E-state index in [0.29, 0.717) is 30.7 Å². The molecule has 0 aliphatic rings. The lowest BCUT2D eigenvalue weighted by Crippen LogP contribution is -2.25. The Balaban J connectivity index is 1.78. The van der Waals surface area contributed by atoms with Crippen LogP contribution < -0.4 is 15.4 Å². The number of nitrogens with one attached hydrogen (secondary N) is 2. The quantitative estimate of drug-likeness (QED) is 0.584. The van der Waals surface area contributed by atoms with Crippen molar-refractivity contribution >= 4 is 23.5 Å². The number of hydrogen-bond donors (Lipinski definition) is 3. The lowest BCUT2D eigenvalue weighted by Gasteiger charge is -2.08. The zero-order chi connectivity index (χ0) is 20.4. The van der Waals surface area contributed by atoms with E-state index >= 15 is 0 Å². The van der Waals surface area contributed by atoms with E-state index in [2.05, 4.69) is 10.6 Å². The van der Waals surface area contributed by atoms with Crippen LogP contribution in [0.1, 0.15) is 35.7 Å². The molecule has 0 fully saturated rings. The smallest absolute Gasteiger partial charge is 0.305 e. The Hall–Kier alpha value is -3.35. The first-order valence-electron chi connectivity index (χ1n) is 9.09. The molecule has 0 bridgehead atoms. The van der Waals surface area contributed by atoms with Gasteiger partial charge in [0.1, 0.15) is 5.75 Å². The first kappa shape index (κ1) is 21.0. The Morgan fingerprint density at radius 2 is 1.64 bits per heavy atom. The molecule has 28 heavy (non-hydrogen) atoms. The van der Waals surface area contributed by atoms with Crippen LogP contribution in [0.3, 0.4) is 0 Å². The summed E-state index contributed by atoms with van der Waals surface area (Å²) < 4.78 is 5.39. The minimum atomic E-state index is -0.969. The van der Waals surface area contributed by atoms with Crippen molar-refractivity contribution in [1.82, 2.24) is 5.32 Å². The maximum absolute atomic E-state index is 12.1. The second-order valence-electron chi connectivity index (χ2n) is 6.10. The van der Waals surface area contributed by atoms with E-state index in [4.69, 9.17) is 9.84 Å². The molecule has 0 heterocycles. The molecule has 2 rings (SSSR count). The van der Waals surface area contributed by atoms with Crippen molar-refractivity contribution in [2.24, 2.45) is 0 Å². The van der Waals surface area contributed by atoms with Crippen molar-refractivity contribution in [1.29, 1.82) is 0 Å². The summed E-state index contributed by atoms with van der Waals surface area (Å²) in [6, 6.07) is 14.1. The summed E-state index contributed by atoms with van der Waals surface area (Å²) in [4.78, 5) is 34.4. The van der Waals surface area contributed by atoms with Crippen LogP contribution in [0.15, 0.2) is 48.5 Å². The molecule has 0 spiro atoms. The zero-order valence-corrected chi connectivity index (χ0v) is 15.7. The Morgan fingerprint density at radius 1 is 0.964 bits per heavy atom. The monoisotopic (exact) mass is 384 g/mol. The minimum absolute atomic E-state index is 0.0677. The highest BCUT2D eigenvalue weighted by atomic mass is 16.5. The van der Waals surface area contributed by atoms with Gasteiger partial charge in [0.15, 0.2) is 0 Å². The Morgan fingerprint density at radius 3 is 2.25 bits per heavy atom. The molecule has 3 N–H and O–H groups in total. The van der Waals surface area contributed by atoms with Gasteiger partial charge in [0, 0.05) is 24.2 Å². The van der Waals surface area contributed by atoms with Gasteiger partial charge in [-0.15, -0.1) is 0 Å². The summed E-state index contributed by atoms with van der Waals surface area (Å²) in [5.41, 5.74) is 2.04. The second-order valence-corrected chi connectivity index (χ2v) is 6.10. The van der Waals surface area contributed by atoms with Gasteiger partial charge in [-0.2, -0.15) is 0 Å². The van der Waals surface area contributed by atoms with Crippen LogP contribution in [0.5, 0.6) is 5.75 Å². The number of carbonyl (C=O) groups excluding carboxylic acids is 2. The number of aliphatic carboxylic acids is 1. The molecule has 7 heteroatoms. The summed E-state index contributed by atoms with van der Waals surface area (Å²) in [6.07, 6.45) is 0.821. The average molecular weight is 384 g/mol. The highest BCUT2D eigenvalue weighted by Gasteiger charge is 2.08. The van der Waals surface area contributed by atoms with E-state index < -0.39 is 5.97 Å². The highest BCUT2D eigenvalue weighted by molar-refractivity contribution is 5.96. The second kappa shape index (κ2) is 10.7. The number of hydrogen-bond acceptors (Lipinski definition) is 4. The maximum atomic E-state index is 12.1. The van der Waals surface area contributed by atoms with Gasteiger partial charge in [-0.25, -0.2) is 0 Å². The third-order valence-corrected chi connectivity index (χ3v) is 3.93. The number of carboxylic acids is 1. The van der Waals surface area contributed by atoms with Gasteiger partial charge in [-0.05, 0) is 55.3 Å². The molecule has 0 atom stereocenters. The minimum Gasteiger partial charge on any atom is -0.494 e. The van der Waals surface area contributed by atoms with E-state index in [0.717, 1.165) is 11.3 Å². The molecular formula is C21H24N2O5. The van der Waals surface area contributed by atoms with Gasteiger partial charge >= 0.3 is 5.97 Å². The standard InChI is InChI=1S/C21H24N2O5/c1-2-28-18-10-3-15(4-11-18)5-12-19(24)23-17-8-6-16(7-9-17)21(27)22-14-13-20(25)26/h3-4,6-11H,2,5,12-14H2,1H3,(H,22,27)(H,23,24)(H,25,26). The molecule has 2 amide bonds. The summed E-state index contributed by atoms with van der Waals surface area (Å²) in [6.45, 7) is 2.61. The molecule has 0 aliphatic heterocycles. The fraction of sp³-hybridized carbons (Fsp3) is 0.286. The van der Waals surface area contributed by atoms with Crippen LogP contribution in [0.25, 0.3) is 0 Å². The third kappa shape index (κ3) is 7.11. The normalized spacial score (nSPS) is 10.2. The van der Waals surface area contributed by atoms with Gasteiger partial charge in [-0.1, -0.05) is 12.1 Å². The van der Waals surface area contributed by atoms with Crippen LogP contribution in [-0.2, 0) is 16.0 Å². The van der Waals surface area contributed by atoms with Gasteiger partial charge in [0.05, 0.1) is 13.0 Å². The number of ether oxygens (including phenoxy) is 1. The molecule has 7 nitrogen and oxygen atoms in total. The number of carbonyl (C=O) groups is 3. The van der Waals surface area contributed by atoms with Crippen molar-refractivity contribution in [2.45, 2.75) is 26.2 Å². The van der Waals surface area contributed by atoms with Crippen molar-refractivity contribution in [3.8, 4) is 5.75 Å². The van der Waals surface area contributed by atoms with Crippen LogP contribution in [0.2, 0.25) is 0 Å². The topological polar surface area (TPSA) is 105 Å². The van der Waals surface area contributed by atoms with E-state index in [1.54, 1.807) is 24.3 Å². The lowest BCUT2D eigenvalue weighted by molar-refractivity contribution is -0.136. The van der Waals surface area contributed by atoms with Gasteiger partial charge in [0.25, 0.3) is 5.91 Å². The average Bonchev–Trinajstić information content (AvgIpc) is 2.68. The molecule has 0 aromatic heterocycles. The number of amides is 2. The molecule has 2 aromatic rings. The maximum Gasteiger partial charge on any atom is 0.305 e. The van der Waals surface area contributed by atoms with Crippen molar-refractivity contribution in [2.75, 3.05) is 18.5 Å². The summed E-state index contributed by atoms with van der Waals surface area (Å²) in [7, 11) is 0. The van der Waals surface area contributed by atoms with Crippen LogP contribution >= 0.6 is 0 Å². The number of carboxylic acid groups (broad SMARTS) is 1. The van der Waals surface area contributed by atoms with E-state index in [-0.39, 0.29) is 24.8 Å². The van der Waals surface area contributed by atoms with Crippen LogP contribution in [0, 0.1) is 0 Å². The molecule has 0 unspecified atom stereocenters. The van der Waals surface area contributed by atoms with E-state index in [1.807, 2.05) is 31.2 Å². The Labute approximate surface area is 163 Å². The number of anilines is 1. The number of rotatable bonds is 10. The first-order valence-corrected chi connectivity index (χ1v) is 9.09. The van der Waals surface area contributed by atoms with Crippen LogP contribution in [-0.4, -0.2) is 36.0 Å². The van der Waals surface area contributed by atoms with Crippen molar-refractivity contribution < 1.29 is 24.2 Å². The van der Waals surface area contributed by atoms with Gasteiger partial charge in [0.2, 0.25) is 5.91 Å². The Kier molecular flexibility index (Phi) is 8.02. The zero-order valence-electron chi connectivity index (χ0n) is 15.7. The molecule has 0 saturated heterocycles. The molecule has 0 radical (unpaired) electrons. The molecule has 0 saturated carbocycles. The molecule has 0 aliphatic carbocycles. The predicted molar refractivity (Wildman–Crippen MR) is 106 cm³/mol. The third-order valence-electron chi connectivity index (χ3n) is 3.93. The predicted octanol–water partition coefficient (Wildman–Crippen LogP) is 2.86. The Bertz CT molecular complexity index is 801. The van der Waals surface area contributed by atoms with Crippen molar-refractivity contribution in [3.05, 3.63) is 59.7 Å². The molecule has 148 valence electrons. The number of aryl methyl sites for hydroxylation is 1. The van der Waals surface area contributed by atoms with Gasteiger partial charge in [-0.3, -0.25) is 14.4 Å². The largest absolute Gasteiger partial charge is 0.494 e. The van der Waals surface area contributed by atoms with E-state index in [9.17, 15) is 14.4 Å².